The summed E-state index contributed by atoms with van der Waals surface area (Å²) < 4.78 is 18.8. The molecule has 1 atom stereocenters. The number of carbonyl (C=O) groups excluding carboxylic acids is 1. The predicted molar refractivity (Wildman–Crippen MR) is 66.0 cm³/mol. The average molecular weight is 253 g/mol. The summed E-state index contributed by atoms with van der Waals surface area (Å²) in [4.78, 5) is 11.2. The maximum Gasteiger partial charge on any atom is 0.253 e. The van der Waals surface area contributed by atoms with Crippen LogP contribution in [-0.4, -0.2) is 38.3 Å². The second kappa shape index (κ2) is 5.79. The Bertz CT molecular complexity index is 433. The van der Waals surface area contributed by atoms with Gasteiger partial charge in [0.2, 0.25) is 0 Å². The molecule has 2 rings (SSSR count). The normalized spacial score (nSPS) is 19.5. The molecule has 1 aromatic rings. The summed E-state index contributed by atoms with van der Waals surface area (Å²) in [7, 11) is 0. The van der Waals surface area contributed by atoms with E-state index in [9.17, 15) is 9.18 Å². The van der Waals surface area contributed by atoms with Gasteiger partial charge in [-0.05, 0) is 12.1 Å². The predicted octanol–water partition coefficient (Wildman–Crippen LogP) is 0.325. The Hall–Kier alpha value is -1.66. The number of primary amides is 1. The van der Waals surface area contributed by atoms with E-state index in [0.717, 1.165) is 6.54 Å². The third kappa shape index (κ3) is 2.96. The Morgan fingerprint density at radius 1 is 1.61 bits per heavy atom. The van der Waals surface area contributed by atoms with Crippen molar-refractivity contribution in [1.29, 1.82) is 0 Å². The van der Waals surface area contributed by atoms with E-state index in [1.54, 1.807) is 6.07 Å². The van der Waals surface area contributed by atoms with E-state index in [2.05, 4.69) is 10.6 Å². The molecule has 0 saturated carbocycles. The van der Waals surface area contributed by atoms with Crippen LogP contribution in [0.2, 0.25) is 0 Å². The van der Waals surface area contributed by atoms with Crippen molar-refractivity contribution in [3.63, 3.8) is 0 Å². The molecule has 5 nitrogen and oxygen atoms in total. The number of carbonyl (C=O) groups is 1. The van der Waals surface area contributed by atoms with Crippen molar-refractivity contribution < 1.29 is 13.9 Å². The van der Waals surface area contributed by atoms with Crippen molar-refractivity contribution in [3.8, 4) is 0 Å². The Morgan fingerprint density at radius 3 is 3.11 bits per heavy atom. The number of benzene rings is 1. The van der Waals surface area contributed by atoms with Crippen molar-refractivity contribution in [2.24, 2.45) is 5.73 Å². The van der Waals surface area contributed by atoms with Crippen LogP contribution >= 0.6 is 0 Å². The van der Waals surface area contributed by atoms with Crippen LogP contribution < -0.4 is 16.4 Å². The topological polar surface area (TPSA) is 76.4 Å². The van der Waals surface area contributed by atoms with Crippen LogP contribution in [0.15, 0.2) is 18.2 Å². The lowest BCUT2D eigenvalue weighted by Crippen LogP contribution is -2.45. The van der Waals surface area contributed by atoms with E-state index in [4.69, 9.17) is 10.5 Å². The number of rotatable bonds is 4. The number of amides is 1. The SMILES string of the molecule is NC(=O)c1c(F)cccc1NCC1COCCN1. The van der Waals surface area contributed by atoms with Gasteiger partial charge in [0.15, 0.2) is 0 Å². The molecule has 1 fully saturated rings. The van der Waals surface area contributed by atoms with Crippen LogP contribution in [0.1, 0.15) is 10.4 Å². The van der Waals surface area contributed by atoms with Crippen LogP contribution in [0.5, 0.6) is 0 Å². The molecule has 1 unspecified atom stereocenters. The molecular formula is C12H16FN3O2. The minimum Gasteiger partial charge on any atom is -0.383 e. The molecule has 1 aliphatic heterocycles. The van der Waals surface area contributed by atoms with E-state index in [1.807, 2.05) is 0 Å². The molecule has 1 aliphatic rings. The molecule has 1 amide bonds. The first-order valence-corrected chi connectivity index (χ1v) is 5.82. The number of halogens is 1. The average Bonchev–Trinajstić information content (AvgIpc) is 2.37. The minimum absolute atomic E-state index is 0.103. The summed E-state index contributed by atoms with van der Waals surface area (Å²) in [6.45, 7) is 2.62. The number of ether oxygens (including phenoxy) is 1. The lowest BCUT2D eigenvalue weighted by molar-refractivity contribution is 0.0806. The summed E-state index contributed by atoms with van der Waals surface area (Å²) >= 11 is 0. The standard InChI is InChI=1S/C12H16FN3O2/c13-9-2-1-3-10(11(9)12(14)17)16-6-8-7-18-5-4-15-8/h1-3,8,15-16H,4-7H2,(H2,14,17). The summed E-state index contributed by atoms with van der Waals surface area (Å²) in [6.07, 6.45) is 0. The van der Waals surface area contributed by atoms with Gasteiger partial charge in [-0.2, -0.15) is 0 Å². The number of anilines is 1. The van der Waals surface area contributed by atoms with E-state index >= 15 is 0 Å². The van der Waals surface area contributed by atoms with Gasteiger partial charge in [-0.15, -0.1) is 0 Å². The molecular weight excluding hydrogens is 237 g/mol. The fraction of sp³-hybridized carbons (Fsp3) is 0.417. The Labute approximate surface area is 104 Å². The van der Waals surface area contributed by atoms with E-state index in [-0.39, 0.29) is 11.6 Å². The third-order valence-electron chi connectivity index (χ3n) is 2.80. The van der Waals surface area contributed by atoms with Crippen LogP contribution in [0.25, 0.3) is 0 Å². The molecule has 98 valence electrons. The highest BCUT2D eigenvalue weighted by atomic mass is 19.1. The number of nitrogens with one attached hydrogen (secondary N) is 2. The first-order valence-electron chi connectivity index (χ1n) is 5.82. The van der Waals surface area contributed by atoms with Gasteiger partial charge < -0.3 is 21.1 Å². The molecule has 18 heavy (non-hydrogen) atoms. The Balaban J connectivity index is 2.04. The first-order chi connectivity index (χ1) is 8.68. The number of morpholine rings is 1. The van der Waals surface area contributed by atoms with Gasteiger partial charge in [-0.1, -0.05) is 6.07 Å². The van der Waals surface area contributed by atoms with Crippen LogP contribution in [0, 0.1) is 5.82 Å². The number of hydrogen-bond donors (Lipinski definition) is 3. The van der Waals surface area contributed by atoms with Crippen LogP contribution in [-0.2, 0) is 4.74 Å². The van der Waals surface area contributed by atoms with Crippen LogP contribution in [0.3, 0.4) is 0 Å². The summed E-state index contributed by atoms with van der Waals surface area (Å²) in [6, 6.07) is 4.53. The van der Waals surface area contributed by atoms with Gasteiger partial charge in [0.05, 0.1) is 18.8 Å². The lowest BCUT2D eigenvalue weighted by atomic mass is 10.1. The van der Waals surface area contributed by atoms with E-state index in [0.29, 0.717) is 25.4 Å². The first kappa shape index (κ1) is 12.8. The van der Waals surface area contributed by atoms with Gasteiger partial charge >= 0.3 is 0 Å². The maximum absolute atomic E-state index is 13.5. The van der Waals surface area contributed by atoms with E-state index < -0.39 is 11.7 Å². The van der Waals surface area contributed by atoms with Crippen molar-refractivity contribution in [2.75, 3.05) is 31.6 Å². The van der Waals surface area contributed by atoms with Gasteiger partial charge in [0.1, 0.15) is 5.82 Å². The zero-order valence-electron chi connectivity index (χ0n) is 9.91. The van der Waals surface area contributed by atoms with Crippen LogP contribution in [0.4, 0.5) is 10.1 Å². The summed E-state index contributed by atoms with van der Waals surface area (Å²) in [5.41, 5.74) is 5.47. The van der Waals surface area contributed by atoms with Crippen molar-refractivity contribution >= 4 is 11.6 Å². The summed E-state index contributed by atoms with van der Waals surface area (Å²) in [5.74, 6) is -1.39. The Kier molecular flexibility index (Phi) is 4.11. The molecule has 0 radical (unpaired) electrons. The lowest BCUT2D eigenvalue weighted by Gasteiger charge is -2.24. The molecule has 0 aliphatic carbocycles. The molecule has 1 saturated heterocycles. The highest BCUT2D eigenvalue weighted by Gasteiger charge is 2.16. The fourth-order valence-electron chi connectivity index (χ4n) is 1.91. The monoisotopic (exact) mass is 253 g/mol. The second-order valence-corrected chi connectivity index (χ2v) is 4.13. The molecule has 0 bridgehead atoms. The van der Waals surface area contributed by atoms with Crippen molar-refractivity contribution in [2.45, 2.75) is 6.04 Å². The quantitative estimate of drug-likeness (QED) is 0.722. The highest BCUT2D eigenvalue weighted by Crippen LogP contribution is 2.18. The molecule has 1 aromatic carbocycles. The minimum atomic E-state index is -0.775. The maximum atomic E-state index is 13.5. The fourth-order valence-corrected chi connectivity index (χ4v) is 1.91. The number of nitrogens with two attached hydrogens (primary N) is 1. The number of hydrogen-bond acceptors (Lipinski definition) is 4. The molecule has 6 heteroatoms. The zero-order chi connectivity index (χ0) is 13.0. The highest BCUT2D eigenvalue weighted by molar-refractivity contribution is 5.98. The van der Waals surface area contributed by atoms with Crippen molar-refractivity contribution in [1.82, 2.24) is 5.32 Å². The zero-order valence-corrected chi connectivity index (χ0v) is 9.91. The second-order valence-electron chi connectivity index (χ2n) is 4.13. The molecule has 0 aromatic heterocycles. The van der Waals surface area contributed by atoms with Crippen molar-refractivity contribution in [3.05, 3.63) is 29.6 Å². The summed E-state index contributed by atoms with van der Waals surface area (Å²) in [5, 5.41) is 6.28. The molecule has 1 heterocycles. The third-order valence-corrected chi connectivity index (χ3v) is 2.80. The van der Waals surface area contributed by atoms with Gasteiger partial charge in [-0.3, -0.25) is 4.79 Å². The smallest absolute Gasteiger partial charge is 0.253 e. The van der Waals surface area contributed by atoms with Gasteiger partial charge in [0.25, 0.3) is 5.91 Å². The van der Waals surface area contributed by atoms with Gasteiger partial charge in [-0.25, -0.2) is 4.39 Å². The van der Waals surface area contributed by atoms with E-state index in [1.165, 1.54) is 12.1 Å². The van der Waals surface area contributed by atoms with Gasteiger partial charge in [0, 0.05) is 24.8 Å². The molecule has 4 N–H and O–H groups in total. The molecule has 0 spiro atoms. The Morgan fingerprint density at radius 2 is 2.44 bits per heavy atom. The largest absolute Gasteiger partial charge is 0.383 e.